The molecule has 0 aromatic heterocycles. The van der Waals surface area contributed by atoms with Crippen LogP contribution in [-0.2, 0) is 19.0 Å². The molecule has 0 unspecified atom stereocenters. The van der Waals surface area contributed by atoms with Crippen LogP contribution in [0.15, 0.2) is 54.3 Å². The van der Waals surface area contributed by atoms with Gasteiger partial charge in [-0.2, -0.15) is 0 Å². The largest absolute Gasteiger partial charge is 0.508 e. The highest BCUT2D eigenvalue weighted by Crippen LogP contribution is 2.27. The fraction of sp³-hybridized carbons (Fsp3) is 0.158. The third-order valence-electron chi connectivity index (χ3n) is 3.67. The van der Waals surface area contributed by atoms with E-state index in [0.29, 0.717) is 16.9 Å². The summed E-state index contributed by atoms with van der Waals surface area (Å²) >= 11 is 0. The van der Waals surface area contributed by atoms with Gasteiger partial charge in [0.1, 0.15) is 48.2 Å². The van der Waals surface area contributed by atoms with Crippen LogP contribution in [-0.4, -0.2) is 42.0 Å². The van der Waals surface area contributed by atoms with Gasteiger partial charge in [0.2, 0.25) is 0 Å². The summed E-state index contributed by atoms with van der Waals surface area (Å²) in [5, 5.41) is 18.8. The topological polar surface area (TPSA) is 102 Å². The highest BCUT2D eigenvalue weighted by atomic mass is 16.6. The van der Waals surface area contributed by atoms with Crippen molar-refractivity contribution in [3.63, 3.8) is 0 Å². The van der Waals surface area contributed by atoms with Crippen LogP contribution < -0.4 is 0 Å². The molecule has 0 spiro atoms. The Morgan fingerprint density at radius 2 is 1.85 bits per heavy atom. The molecule has 0 aliphatic carbocycles. The first-order chi connectivity index (χ1) is 12.6. The Bertz CT molecular complexity index is 855. The molecule has 0 amide bonds. The van der Waals surface area contributed by atoms with Gasteiger partial charge in [-0.25, -0.2) is 9.59 Å². The minimum absolute atomic E-state index is 0.0207. The van der Waals surface area contributed by atoms with Gasteiger partial charge < -0.3 is 24.4 Å². The third-order valence-corrected chi connectivity index (χ3v) is 3.67. The van der Waals surface area contributed by atoms with E-state index in [1.807, 2.05) is 6.07 Å². The molecule has 1 aliphatic heterocycles. The molecule has 1 heterocycles. The highest BCUT2D eigenvalue weighted by Gasteiger charge is 2.27. The smallest absolute Gasteiger partial charge is 0.342 e. The van der Waals surface area contributed by atoms with Gasteiger partial charge in [-0.3, -0.25) is 0 Å². The molecule has 0 saturated carbocycles. The van der Waals surface area contributed by atoms with Crippen LogP contribution in [0.2, 0.25) is 0 Å². The summed E-state index contributed by atoms with van der Waals surface area (Å²) in [6, 6.07) is 12.6. The van der Waals surface area contributed by atoms with Crippen molar-refractivity contribution in [2.75, 3.05) is 19.8 Å². The summed E-state index contributed by atoms with van der Waals surface area (Å²) in [6.45, 7) is -0.0401. The Kier molecular flexibility index (Phi) is 5.07. The number of esters is 2. The van der Waals surface area contributed by atoms with Gasteiger partial charge in [-0.15, -0.1) is 0 Å². The van der Waals surface area contributed by atoms with Gasteiger partial charge in [0.15, 0.2) is 0 Å². The molecular weight excluding hydrogens is 340 g/mol. The quantitative estimate of drug-likeness (QED) is 0.604. The minimum Gasteiger partial charge on any atom is -0.508 e. The van der Waals surface area contributed by atoms with Crippen LogP contribution >= 0.6 is 0 Å². The van der Waals surface area contributed by atoms with E-state index in [4.69, 9.17) is 14.2 Å². The van der Waals surface area contributed by atoms with Gasteiger partial charge in [0.25, 0.3) is 0 Å². The number of carbonyl (C=O) groups is 2. The molecule has 2 aromatic carbocycles. The van der Waals surface area contributed by atoms with Crippen LogP contribution in [0.3, 0.4) is 0 Å². The van der Waals surface area contributed by atoms with Crippen LogP contribution in [0.25, 0.3) is 5.57 Å². The summed E-state index contributed by atoms with van der Waals surface area (Å²) in [5.74, 6) is -1.36. The molecule has 0 fully saturated rings. The molecule has 26 heavy (non-hydrogen) atoms. The fourth-order valence-electron chi connectivity index (χ4n) is 2.46. The van der Waals surface area contributed by atoms with Gasteiger partial charge in [-0.05, 0) is 17.7 Å². The van der Waals surface area contributed by atoms with Gasteiger partial charge in [-0.1, -0.05) is 30.3 Å². The number of aromatic hydroxyl groups is 2. The van der Waals surface area contributed by atoms with Crippen molar-refractivity contribution >= 4 is 17.5 Å². The number of hydrogen-bond donors (Lipinski definition) is 2. The van der Waals surface area contributed by atoms with Crippen LogP contribution in [0, 0.1) is 0 Å². The van der Waals surface area contributed by atoms with Crippen molar-refractivity contribution in [3.05, 3.63) is 65.4 Å². The maximum Gasteiger partial charge on any atom is 0.342 e. The summed E-state index contributed by atoms with van der Waals surface area (Å²) < 4.78 is 15.6. The van der Waals surface area contributed by atoms with Crippen LogP contribution in [0.1, 0.15) is 15.9 Å². The molecule has 7 nitrogen and oxygen atoms in total. The fourth-order valence-corrected chi connectivity index (χ4v) is 2.46. The Morgan fingerprint density at radius 1 is 1.08 bits per heavy atom. The van der Waals surface area contributed by atoms with E-state index in [9.17, 15) is 19.8 Å². The average Bonchev–Trinajstić information content (AvgIpc) is 3.00. The first kappa shape index (κ1) is 17.3. The Labute approximate surface area is 149 Å². The van der Waals surface area contributed by atoms with Crippen molar-refractivity contribution in [2.45, 2.75) is 0 Å². The normalized spacial score (nSPS) is 13.5. The number of carbonyl (C=O) groups excluding carboxylic acids is 2. The standard InChI is InChI=1S/C19H16O7/c20-13-6-7-14(15(21)10-13)18(22)25-9-8-24-16-11-26-19(23)17(16)12-4-2-1-3-5-12/h1-7,10,20-21H,8-9,11H2. The number of benzene rings is 2. The van der Waals surface area contributed by atoms with E-state index in [0.717, 1.165) is 6.07 Å². The molecule has 2 N–H and O–H groups in total. The SMILES string of the molecule is O=C1OCC(OCCOC(=O)c2ccc(O)cc2O)=C1c1ccccc1. The summed E-state index contributed by atoms with van der Waals surface area (Å²) in [6.07, 6.45) is 0. The van der Waals surface area contributed by atoms with E-state index in [2.05, 4.69) is 0 Å². The number of cyclic esters (lactones) is 1. The van der Waals surface area contributed by atoms with Crippen LogP contribution in [0.5, 0.6) is 11.5 Å². The Balaban J connectivity index is 1.58. The lowest BCUT2D eigenvalue weighted by Crippen LogP contribution is -2.11. The van der Waals surface area contributed by atoms with Gasteiger partial charge >= 0.3 is 11.9 Å². The third kappa shape index (κ3) is 3.77. The highest BCUT2D eigenvalue weighted by molar-refractivity contribution is 6.18. The zero-order valence-electron chi connectivity index (χ0n) is 13.7. The molecule has 2 aromatic rings. The van der Waals surface area contributed by atoms with Gasteiger partial charge in [0, 0.05) is 6.07 Å². The van der Waals surface area contributed by atoms with E-state index in [1.54, 1.807) is 24.3 Å². The second-order valence-corrected chi connectivity index (χ2v) is 5.43. The summed E-state index contributed by atoms with van der Waals surface area (Å²) in [7, 11) is 0. The van der Waals surface area contributed by atoms with E-state index >= 15 is 0 Å². The second-order valence-electron chi connectivity index (χ2n) is 5.43. The molecular formula is C19H16O7. The summed E-state index contributed by atoms with van der Waals surface area (Å²) in [5.41, 5.74) is 0.982. The molecule has 0 bridgehead atoms. The number of ether oxygens (including phenoxy) is 3. The maximum absolute atomic E-state index is 11.9. The number of phenols is 2. The van der Waals surface area contributed by atoms with Crippen molar-refractivity contribution < 1.29 is 34.0 Å². The maximum atomic E-state index is 11.9. The zero-order valence-corrected chi connectivity index (χ0v) is 13.7. The lowest BCUT2D eigenvalue weighted by molar-refractivity contribution is -0.134. The predicted octanol–water partition coefficient (Wildman–Crippen LogP) is 2.24. The predicted molar refractivity (Wildman–Crippen MR) is 90.3 cm³/mol. The van der Waals surface area contributed by atoms with E-state index < -0.39 is 11.9 Å². The van der Waals surface area contributed by atoms with Gasteiger partial charge in [0.05, 0.1) is 0 Å². The average molecular weight is 356 g/mol. The monoisotopic (exact) mass is 356 g/mol. The second kappa shape index (κ2) is 7.60. The molecule has 0 atom stereocenters. The lowest BCUT2D eigenvalue weighted by Gasteiger charge is -2.09. The first-order valence-corrected chi connectivity index (χ1v) is 7.84. The molecule has 134 valence electrons. The van der Waals surface area contributed by atoms with E-state index in [1.165, 1.54) is 12.1 Å². The van der Waals surface area contributed by atoms with Crippen molar-refractivity contribution in [2.24, 2.45) is 0 Å². The molecule has 7 heteroatoms. The lowest BCUT2D eigenvalue weighted by atomic mass is 10.1. The van der Waals surface area contributed by atoms with Crippen molar-refractivity contribution in [3.8, 4) is 11.5 Å². The minimum atomic E-state index is -0.748. The molecule has 0 radical (unpaired) electrons. The number of hydrogen-bond acceptors (Lipinski definition) is 7. The number of rotatable bonds is 6. The zero-order chi connectivity index (χ0) is 18.5. The van der Waals surface area contributed by atoms with Crippen molar-refractivity contribution in [1.29, 1.82) is 0 Å². The first-order valence-electron chi connectivity index (χ1n) is 7.84. The molecule has 1 aliphatic rings. The Hall–Kier alpha value is -3.48. The van der Waals surface area contributed by atoms with Crippen LogP contribution in [0.4, 0.5) is 0 Å². The van der Waals surface area contributed by atoms with E-state index in [-0.39, 0.29) is 36.9 Å². The Morgan fingerprint density at radius 3 is 2.58 bits per heavy atom. The molecule has 0 saturated heterocycles. The van der Waals surface area contributed by atoms with Crippen molar-refractivity contribution in [1.82, 2.24) is 0 Å². The molecule has 3 rings (SSSR count). The number of phenolic OH excluding ortho intramolecular Hbond substituents is 2. The summed E-state index contributed by atoms with van der Waals surface area (Å²) in [4.78, 5) is 23.8.